The molecule has 3 aromatic carbocycles. The van der Waals surface area contributed by atoms with E-state index in [9.17, 15) is 23.3 Å². The molecular formula is C22H20ClN3O6S. The van der Waals surface area contributed by atoms with Crippen molar-refractivity contribution < 1.29 is 22.9 Å². The largest absolute Gasteiger partial charge is 0.495 e. The number of nitrogens with zero attached hydrogens (tertiary/aromatic N) is 2. The number of nitro benzene ring substituents is 1. The van der Waals surface area contributed by atoms with Crippen molar-refractivity contribution in [2.45, 2.75) is 11.8 Å². The number of carbonyl (C=O) groups is 1. The maximum atomic E-state index is 13.4. The fraction of sp³-hybridized carbons (Fsp3) is 0.136. The van der Waals surface area contributed by atoms with Crippen molar-refractivity contribution in [1.82, 2.24) is 0 Å². The number of amides is 1. The quantitative estimate of drug-likeness (QED) is 0.370. The van der Waals surface area contributed by atoms with Crippen LogP contribution >= 0.6 is 11.6 Å². The number of nitrogens with one attached hydrogen (secondary N) is 1. The Morgan fingerprint density at radius 2 is 1.82 bits per heavy atom. The van der Waals surface area contributed by atoms with Gasteiger partial charge in [0.25, 0.3) is 15.7 Å². The topological polar surface area (TPSA) is 119 Å². The third kappa shape index (κ3) is 5.41. The van der Waals surface area contributed by atoms with E-state index in [4.69, 9.17) is 16.3 Å². The van der Waals surface area contributed by atoms with Gasteiger partial charge in [-0.25, -0.2) is 8.42 Å². The van der Waals surface area contributed by atoms with Crippen LogP contribution in [0.5, 0.6) is 5.75 Å². The molecule has 0 radical (unpaired) electrons. The van der Waals surface area contributed by atoms with Crippen LogP contribution < -0.4 is 14.4 Å². The molecule has 0 heterocycles. The first-order valence-corrected chi connectivity index (χ1v) is 11.4. The predicted molar refractivity (Wildman–Crippen MR) is 125 cm³/mol. The van der Waals surface area contributed by atoms with E-state index in [1.807, 2.05) is 0 Å². The summed E-state index contributed by atoms with van der Waals surface area (Å²) in [6.07, 6.45) is 0. The first-order valence-electron chi connectivity index (χ1n) is 9.59. The van der Waals surface area contributed by atoms with Crippen LogP contribution in [0.2, 0.25) is 5.02 Å². The maximum Gasteiger partial charge on any atom is 0.271 e. The Morgan fingerprint density at radius 1 is 1.12 bits per heavy atom. The van der Waals surface area contributed by atoms with Gasteiger partial charge in [-0.15, -0.1) is 0 Å². The molecule has 0 aliphatic carbocycles. The van der Waals surface area contributed by atoms with Gasteiger partial charge in [-0.05, 0) is 42.8 Å². The molecule has 11 heteroatoms. The standard InChI is InChI=1S/C22H20ClN3O6S/c1-15-8-9-16(12-19(15)23)25(33(30,31)18-6-4-3-5-7-18)14-22(27)24-20-13-17(26(28)29)10-11-21(20)32-2/h3-13H,14H2,1-2H3,(H,24,27). The summed E-state index contributed by atoms with van der Waals surface area (Å²) in [6.45, 7) is 1.16. The molecule has 0 atom stereocenters. The van der Waals surface area contributed by atoms with Gasteiger partial charge in [0.15, 0.2) is 0 Å². The normalized spacial score (nSPS) is 11.0. The number of benzene rings is 3. The number of hydrogen-bond donors (Lipinski definition) is 1. The molecule has 0 aromatic heterocycles. The number of aryl methyl sites for hydroxylation is 1. The number of sulfonamides is 1. The SMILES string of the molecule is COc1ccc([N+](=O)[O-])cc1NC(=O)CN(c1ccc(C)c(Cl)c1)S(=O)(=O)c1ccccc1. The molecule has 0 aliphatic rings. The number of non-ortho nitro benzene ring substituents is 1. The van der Waals surface area contributed by atoms with E-state index in [1.165, 1.54) is 37.4 Å². The average molecular weight is 490 g/mol. The Bertz CT molecular complexity index is 1300. The Morgan fingerprint density at radius 3 is 2.42 bits per heavy atom. The van der Waals surface area contributed by atoms with Gasteiger partial charge >= 0.3 is 0 Å². The Labute approximate surface area is 195 Å². The summed E-state index contributed by atoms with van der Waals surface area (Å²) >= 11 is 6.20. The Kier molecular flexibility index (Phi) is 7.19. The zero-order chi connectivity index (χ0) is 24.2. The van der Waals surface area contributed by atoms with E-state index in [0.717, 1.165) is 15.9 Å². The molecule has 172 valence electrons. The minimum atomic E-state index is -4.13. The maximum absolute atomic E-state index is 13.4. The van der Waals surface area contributed by atoms with Crippen LogP contribution in [0.1, 0.15) is 5.56 Å². The number of nitro groups is 1. The van der Waals surface area contributed by atoms with Gasteiger partial charge in [-0.3, -0.25) is 19.2 Å². The number of rotatable bonds is 8. The summed E-state index contributed by atoms with van der Waals surface area (Å²) in [4.78, 5) is 23.4. The summed E-state index contributed by atoms with van der Waals surface area (Å²) in [6, 6.07) is 16.0. The van der Waals surface area contributed by atoms with Crippen molar-refractivity contribution in [3.63, 3.8) is 0 Å². The summed E-state index contributed by atoms with van der Waals surface area (Å²) < 4.78 is 32.8. The van der Waals surface area contributed by atoms with Crippen LogP contribution in [0.4, 0.5) is 17.1 Å². The van der Waals surface area contributed by atoms with Crippen molar-refractivity contribution >= 4 is 44.6 Å². The molecule has 0 unspecified atom stereocenters. The van der Waals surface area contributed by atoms with E-state index in [2.05, 4.69) is 5.32 Å². The molecule has 3 rings (SSSR count). The first kappa shape index (κ1) is 24.0. The average Bonchev–Trinajstić information content (AvgIpc) is 2.79. The van der Waals surface area contributed by atoms with Crippen molar-refractivity contribution in [3.05, 3.63) is 87.4 Å². The Hall–Kier alpha value is -3.63. The van der Waals surface area contributed by atoms with E-state index >= 15 is 0 Å². The number of anilines is 2. The first-order chi connectivity index (χ1) is 15.6. The zero-order valence-corrected chi connectivity index (χ0v) is 19.3. The second-order valence-electron chi connectivity index (χ2n) is 6.95. The van der Waals surface area contributed by atoms with E-state index < -0.39 is 27.4 Å². The van der Waals surface area contributed by atoms with E-state index in [1.54, 1.807) is 37.3 Å². The highest BCUT2D eigenvalue weighted by atomic mass is 35.5. The molecule has 1 N–H and O–H groups in total. The molecule has 33 heavy (non-hydrogen) atoms. The summed E-state index contributed by atoms with van der Waals surface area (Å²) in [7, 11) is -2.79. The third-order valence-corrected chi connectivity index (χ3v) is 6.93. The lowest BCUT2D eigenvalue weighted by Gasteiger charge is -2.24. The highest BCUT2D eigenvalue weighted by Crippen LogP contribution is 2.30. The van der Waals surface area contributed by atoms with Gasteiger partial charge < -0.3 is 10.1 Å². The van der Waals surface area contributed by atoms with Crippen molar-refractivity contribution in [2.75, 3.05) is 23.3 Å². The lowest BCUT2D eigenvalue weighted by Crippen LogP contribution is -2.38. The third-order valence-electron chi connectivity index (χ3n) is 4.73. The van der Waals surface area contributed by atoms with Crippen LogP contribution in [0.3, 0.4) is 0 Å². The number of hydrogen-bond acceptors (Lipinski definition) is 6. The highest BCUT2D eigenvalue weighted by Gasteiger charge is 2.28. The number of halogens is 1. The van der Waals surface area contributed by atoms with E-state index in [0.29, 0.717) is 5.02 Å². The van der Waals surface area contributed by atoms with Gasteiger partial charge in [0.1, 0.15) is 12.3 Å². The van der Waals surface area contributed by atoms with Gasteiger partial charge in [0.05, 0.1) is 28.3 Å². The molecule has 0 saturated carbocycles. The number of ether oxygens (including phenoxy) is 1. The van der Waals surface area contributed by atoms with Crippen LogP contribution in [-0.2, 0) is 14.8 Å². The van der Waals surface area contributed by atoms with Crippen molar-refractivity contribution in [2.24, 2.45) is 0 Å². The second-order valence-corrected chi connectivity index (χ2v) is 9.22. The fourth-order valence-electron chi connectivity index (χ4n) is 3.00. The van der Waals surface area contributed by atoms with Crippen LogP contribution in [0.15, 0.2) is 71.6 Å². The molecular weight excluding hydrogens is 470 g/mol. The lowest BCUT2D eigenvalue weighted by molar-refractivity contribution is -0.384. The summed E-state index contributed by atoms with van der Waals surface area (Å²) in [5, 5.41) is 13.9. The minimum absolute atomic E-state index is 0.0116. The molecule has 0 spiro atoms. The number of methoxy groups -OCH3 is 1. The van der Waals surface area contributed by atoms with Crippen molar-refractivity contribution in [3.8, 4) is 5.75 Å². The predicted octanol–water partition coefficient (Wildman–Crippen LogP) is 4.40. The molecule has 0 aliphatic heterocycles. The van der Waals surface area contributed by atoms with Gasteiger partial charge in [0, 0.05) is 17.2 Å². The lowest BCUT2D eigenvalue weighted by atomic mass is 10.2. The molecule has 0 fully saturated rings. The fourth-order valence-corrected chi connectivity index (χ4v) is 4.61. The molecule has 0 bridgehead atoms. The number of carbonyl (C=O) groups excluding carboxylic acids is 1. The monoisotopic (exact) mass is 489 g/mol. The summed E-state index contributed by atoms with van der Waals surface area (Å²) in [5.74, 6) is -0.546. The molecule has 3 aromatic rings. The van der Waals surface area contributed by atoms with Crippen LogP contribution in [-0.4, -0.2) is 32.9 Å². The minimum Gasteiger partial charge on any atom is -0.495 e. The van der Waals surface area contributed by atoms with Gasteiger partial charge in [-0.1, -0.05) is 35.9 Å². The van der Waals surface area contributed by atoms with Gasteiger partial charge in [0.2, 0.25) is 5.91 Å². The zero-order valence-electron chi connectivity index (χ0n) is 17.7. The molecule has 1 amide bonds. The van der Waals surface area contributed by atoms with Crippen molar-refractivity contribution in [1.29, 1.82) is 0 Å². The molecule has 9 nitrogen and oxygen atoms in total. The second kappa shape index (κ2) is 9.88. The van der Waals surface area contributed by atoms with Crippen LogP contribution in [0.25, 0.3) is 0 Å². The Balaban J connectivity index is 1.99. The van der Waals surface area contributed by atoms with E-state index in [-0.39, 0.29) is 27.7 Å². The molecule has 0 saturated heterocycles. The summed E-state index contributed by atoms with van der Waals surface area (Å²) in [5.41, 5.74) is 0.708. The highest BCUT2D eigenvalue weighted by molar-refractivity contribution is 7.92. The van der Waals surface area contributed by atoms with Crippen LogP contribution in [0, 0.1) is 17.0 Å². The smallest absolute Gasteiger partial charge is 0.271 e. The van der Waals surface area contributed by atoms with Gasteiger partial charge in [-0.2, -0.15) is 0 Å².